The minimum Gasteiger partial charge on any atom is -0.456 e. The third-order valence-corrected chi connectivity index (χ3v) is 6.63. The average Bonchev–Trinajstić information content (AvgIpc) is 3.40. The highest BCUT2D eigenvalue weighted by atomic mass is 32.1. The van der Waals surface area contributed by atoms with Gasteiger partial charge >= 0.3 is 5.97 Å². The zero-order valence-electron chi connectivity index (χ0n) is 16.5. The first kappa shape index (κ1) is 19.8. The molecule has 0 bridgehead atoms. The van der Waals surface area contributed by atoms with Crippen LogP contribution in [0.1, 0.15) is 48.2 Å². The first-order valence-electron chi connectivity index (χ1n) is 10.3. The van der Waals surface area contributed by atoms with Crippen LogP contribution in [-0.2, 0) is 33.7 Å². The second-order valence-electron chi connectivity index (χ2n) is 7.67. The molecule has 152 valence electrons. The van der Waals surface area contributed by atoms with Crippen LogP contribution < -0.4 is 4.90 Å². The molecule has 2 aromatic rings. The van der Waals surface area contributed by atoms with E-state index in [9.17, 15) is 9.59 Å². The lowest BCUT2D eigenvalue weighted by atomic mass is 10.0. The Hall–Kier alpha value is -2.47. The molecule has 29 heavy (non-hydrogen) atoms. The fourth-order valence-electron chi connectivity index (χ4n) is 3.84. The van der Waals surface area contributed by atoms with Gasteiger partial charge in [-0.15, -0.1) is 11.3 Å². The normalized spacial score (nSPS) is 17.7. The highest BCUT2D eigenvalue weighted by Crippen LogP contribution is 2.32. The van der Waals surface area contributed by atoms with E-state index in [1.807, 2.05) is 30.3 Å². The summed E-state index contributed by atoms with van der Waals surface area (Å²) in [6, 6.07) is 9.86. The third-order valence-electron chi connectivity index (χ3n) is 5.45. The van der Waals surface area contributed by atoms with Crippen molar-refractivity contribution in [2.75, 3.05) is 11.5 Å². The number of carbonyl (C=O) groups is 2. The van der Waals surface area contributed by atoms with Crippen molar-refractivity contribution < 1.29 is 14.3 Å². The van der Waals surface area contributed by atoms with Gasteiger partial charge in [0.15, 0.2) is 11.7 Å². The van der Waals surface area contributed by atoms with Gasteiger partial charge in [-0.05, 0) is 50.0 Å². The molecule has 0 radical (unpaired) electrons. The molecule has 1 aromatic heterocycles. The van der Waals surface area contributed by atoms with Gasteiger partial charge in [0, 0.05) is 4.88 Å². The Balaban J connectivity index is 1.45. The SMILES string of the molecule is O=C(C[C@@H]1C=CCC1)OCC(=O)N(Cc1ccccc1)c1nc2c(s1)CCCC2. The van der Waals surface area contributed by atoms with E-state index in [1.165, 1.54) is 11.3 Å². The molecular weight excluding hydrogens is 384 g/mol. The summed E-state index contributed by atoms with van der Waals surface area (Å²) in [4.78, 5) is 32.8. The van der Waals surface area contributed by atoms with Crippen molar-refractivity contribution in [2.45, 2.75) is 51.5 Å². The monoisotopic (exact) mass is 410 g/mol. The summed E-state index contributed by atoms with van der Waals surface area (Å²) in [5.74, 6) is -0.299. The lowest BCUT2D eigenvalue weighted by Crippen LogP contribution is -2.34. The van der Waals surface area contributed by atoms with E-state index in [0.717, 1.165) is 43.4 Å². The van der Waals surface area contributed by atoms with Gasteiger partial charge in [0.1, 0.15) is 0 Å². The fourth-order valence-corrected chi connectivity index (χ4v) is 5.01. The van der Waals surface area contributed by atoms with Gasteiger partial charge in [-0.3, -0.25) is 14.5 Å². The molecule has 1 amide bonds. The molecule has 0 saturated heterocycles. The fraction of sp³-hybridized carbons (Fsp3) is 0.435. The van der Waals surface area contributed by atoms with Gasteiger partial charge in [-0.2, -0.15) is 0 Å². The number of aryl methyl sites for hydroxylation is 2. The van der Waals surface area contributed by atoms with Crippen LogP contribution in [0.25, 0.3) is 0 Å². The van der Waals surface area contributed by atoms with E-state index in [0.29, 0.717) is 18.1 Å². The van der Waals surface area contributed by atoms with E-state index in [-0.39, 0.29) is 24.4 Å². The largest absolute Gasteiger partial charge is 0.456 e. The Morgan fingerprint density at radius 1 is 1.17 bits per heavy atom. The van der Waals surface area contributed by atoms with E-state index >= 15 is 0 Å². The minimum atomic E-state index is -0.312. The lowest BCUT2D eigenvalue weighted by molar-refractivity contribution is -0.148. The smallest absolute Gasteiger partial charge is 0.306 e. The van der Waals surface area contributed by atoms with Gasteiger partial charge in [0.05, 0.1) is 18.7 Å². The van der Waals surface area contributed by atoms with Crippen molar-refractivity contribution in [2.24, 2.45) is 5.92 Å². The number of rotatable bonds is 7. The molecule has 6 heteroatoms. The standard InChI is InChI=1S/C23H26N2O3S/c26-21(16-28-22(27)14-17-8-4-5-9-17)25(15-18-10-2-1-3-11-18)23-24-19-12-6-7-13-20(19)29-23/h1-4,8,10-11,17H,5-7,9,12-16H2/t17-/m1/s1. The molecule has 0 spiro atoms. The van der Waals surface area contributed by atoms with Crippen molar-refractivity contribution >= 4 is 28.3 Å². The predicted octanol–water partition coefficient (Wildman–Crippen LogP) is 4.45. The zero-order valence-corrected chi connectivity index (χ0v) is 17.3. The van der Waals surface area contributed by atoms with E-state index in [2.05, 4.69) is 12.2 Å². The maximum absolute atomic E-state index is 13.0. The number of aromatic nitrogens is 1. The van der Waals surface area contributed by atoms with Gasteiger partial charge in [-0.1, -0.05) is 42.5 Å². The number of amides is 1. The second-order valence-corrected chi connectivity index (χ2v) is 8.73. The molecule has 0 aliphatic heterocycles. The maximum Gasteiger partial charge on any atom is 0.306 e. The summed E-state index contributed by atoms with van der Waals surface area (Å²) in [6.07, 6.45) is 10.8. The van der Waals surface area contributed by atoms with Crippen molar-refractivity contribution in [1.29, 1.82) is 0 Å². The Morgan fingerprint density at radius 3 is 2.76 bits per heavy atom. The van der Waals surface area contributed by atoms with Gasteiger partial charge < -0.3 is 4.74 Å². The van der Waals surface area contributed by atoms with Crippen LogP contribution in [0.2, 0.25) is 0 Å². The van der Waals surface area contributed by atoms with Gasteiger partial charge in [-0.25, -0.2) is 4.98 Å². The number of allylic oxidation sites excluding steroid dienone is 2. The van der Waals surface area contributed by atoms with Crippen molar-refractivity contribution in [3.63, 3.8) is 0 Å². The van der Waals surface area contributed by atoms with Crippen LogP contribution >= 0.6 is 11.3 Å². The quantitative estimate of drug-likeness (QED) is 0.500. The summed E-state index contributed by atoms with van der Waals surface area (Å²) in [6.45, 7) is 0.182. The molecule has 4 rings (SSSR count). The molecule has 0 unspecified atom stereocenters. The summed E-state index contributed by atoms with van der Waals surface area (Å²) in [7, 11) is 0. The van der Waals surface area contributed by atoms with Gasteiger partial charge in [0.25, 0.3) is 5.91 Å². The second kappa shape index (κ2) is 9.35. The molecule has 0 N–H and O–H groups in total. The predicted molar refractivity (Wildman–Crippen MR) is 114 cm³/mol. The number of anilines is 1. The Bertz CT molecular complexity index is 867. The number of thiazole rings is 1. The summed E-state index contributed by atoms with van der Waals surface area (Å²) < 4.78 is 5.32. The highest BCUT2D eigenvalue weighted by Gasteiger charge is 2.25. The molecular formula is C23H26N2O3S. The Kier molecular flexibility index (Phi) is 6.39. The molecule has 5 nitrogen and oxygen atoms in total. The average molecular weight is 411 g/mol. The molecule has 1 heterocycles. The summed E-state index contributed by atoms with van der Waals surface area (Å²) in [5, 5.41) is 0.709. The number of fused-ring (bicyclic) bond motifs is 1. The van der Waals surface area contributed by atoms with Crippen LogP contribution in [0.3, 0.4) is 0 Å². The number of hydrogen-bond donors (Lipinski definition) is 0. The number of carbonyl (C=O) groups excluding carboxylic acids is 2. The topological polar surface area (TPSA) is 59.5 Å². The third kappa shape index (κ3) is 5.12. The molecule has 2 aliphatic rings. The Morgan fingerprint density at radius 2 is 2.00 bits per heavy atom. The van der Waals surface area contributed by atoms with Crippen LogP contribution in [-0.4, -0.2) is 23.5 Å². The lowest BCUT2D eigenvalue weighted by Gasteiger charge is -2.20. The molecule has 0 saturated carbocycles. The molecule has 1 aromatic carbocycles. The minimum absolute atomic E-state index is 0.227. The van der Waals surface area contributed by atoms with Crippen molar-refractivity contribution in [3.05, 3.63) is 58.6 Å². The van der Waals surface area contributed by atoms with Crippen LogP contribution in [0.15, 0.2) is 42.5 Å². The summed E-state index contributed by atoms with van der Waals surface area (Å²) >= 11 is 1.60. The van der Waals surface area contributed by atoms with E-state index < -0.39 is 0 Å². The maximum atomic E-state index is 13.0. The number of esters is 1. The van der Waals surface area contributed by atoms with Crippen LogP contribution in [0.4, 0.5) is 5.13 Å². The van der Waals surface area contributed by atoms with Crippen molar-refractivity contribution in [1.82, 2.24) is 4.98 Å². The number of ether oxygens (including phenoxy) is 1. The van der Waals surface area contributed by atoms with E-state index in [4.69, 9.17) is 9.72 Å². The first-order valence-corrected chi connectivity index (χ1v) is 11.2. The van der Waals surface area contributed by atoms with E-state index in [1.54, 1.807) is 16.2 Å². The first-order chi connectivity index (χ1) is 14.2. The highest BCUT2D eigenvalue weighted by molar-refractivity contribution is 7.15. The molecule has 0 fully saturated rings. The van der Waals surface area contributed by atoms with Crippen molar-refractivity contribution in [3.8, 4) is 0 Å². The number of nitrogens with zero attached hydrogens (tertiary/aromatic N) is 2. The van der Waals surface area contributed by atoms with Crippen LogP contribution in [0, 0.1) is 5.92 Å². The Labute approximate surface area is 175 Å². The molecule has 1 atom stereocenters. The molecule has 2 aliphatic carbocycles. The van der Waals surface area contributed by atoms with Gasteiger partial charge in [0.2, 0.25) is 0 Å². The summed E-state index contributed by atoms with van der Waals surface area (Å²) in [5.41, 5.74) is 2.14. The number of benzene rings is 1. The zero-order chi connectivity index (χ0) is 20.1. The number of hydrogen-bond acceptors (Lipinski definition) is 5. The van der Waals surface area contributed by atoms with Crippen LogP contribution in [0.5, 0.6) is 0 Å².